The summed E-state index contributed by atoms with van der Waals surface area (Å²) in [5, 5.41) is 21.1. The van der Waals surface area contributed by atoms with Gasteiger partial charge < -0.3 is 14.2 Å². The van der Waals surface area contributed by atoms with Gasteiger partial charge in [0.2, 0.25) is 12.5 Å². The second-order valence-corrected chi connectivity index (χ2v) is 4.28. The van der Waals surface area contributed by atoms with E-state index in [0.717, 1.165) is 0 Å². The number of benzene rings is 1. The van der Waals surface area contributed by atoms with Crippen LogP contribution < -0.4 is 19.8 Å². The molecular formula is C13H9N5O4. The second kappa shape index (κ2) is 5.50. The van der Waals surface area contributed by atoms with Crippen molar-refractivity contribution >= 4 is 23.2 Å². The van der Waals surface area contributed by atoms with Crippen LogP contribution in [0.15, 0.2) is 17.2 Å². The fourth-order valence-corrected chi connectivity index (χ4v) is 2.05. The van der Waals surface area contributed by atoms with Crippen molar-refractivity contribution in [2.75, 3.05) is 30.3 Å². The monoisotopic (exact) mass is 299 g/mol. The average molecular weight is 299 g/mol. The fourth-order valence-electron chi connectivity index (χ4n) is 2.05. The minimum atomic E-state index is -0.494. The summed E-state index contributed by atoms with van der Waals surface area (Å²) in [6, 6.07) is 6.47. The van der Waals surface area contributed by atoms with Crippen molar-refractivity contribution in [1.82, 2.24) is 0 Å². The van der Waals surface area contributed by atoms with Crippen molar-refractivity contribution in [3.8, 4) is 23.6 Å². The Morgan fingerprint density at radius 3 is 2.59 bits per heavy atom. The average Bonchev–Trinajstić information content (AvgIpc) is 3.15. The van der Waals surface area contributed by atoms with Gasteiger partial charge in [-0.15, -0.1) is 0 Å². The summed E-state index contributed by atoms with van der Waals surface area (Å²) in [6.07, 6.45) is -0.494. The van der Waals surface area contributed by atoms with Gasteiger partial charge in [0.1, 0.15) is 18.7 Å². The maximum atomic E-state index is 11.7. The minimum absolute atomic E-state index is 0.0770. The Morgan fingerprint density at radius 2 is 1.95 bits per heavy atom. The first-order valence-electron chi connectivity index (χ1n) is 6.25. The van der Waals surface area contributed by atoms with E-state index >= 15 is 0 Å². The van der Waals surface area contributed by atoms with E-state index in [1.54, 1.807) is 24.3 Å². The van der Waals surface area contributed by atoms with Crippen LogP contribution in [0.1, 0.15) is 0 Å². The molecule has 0 unspecified atom stereocenters. The van der Waals surface area contributed by atoms with Crippen molar-refractivity contribution in [2.45, 2.75) is 0 Å². The lowest BCUT2D eigenvalue weighted by Crippen LogP contribution is -2.24. The van der Waals surface area contributed by atoms with E-state index in [1.165, 1.54) is 4.90 Å². The molecule has 9 nitrogen and oxygen atoms in total. The molecule has 1 saturated heterocycles. The van der Waals surface area contributed by atoms with Crippen LogP contribution in [0.2, 0.25) is 0 Å². The fraction of sp³-hybridized carbons (Fsp3) is 0.231. The van der Waals surface area contributed by atoms with Gasteiger partial charge in [-0.05, 0) is 0 Å². The van der Waals surface area contributed by atoms with Gasteiger partial charge in [0.05, 0.1) is 17.9 Å². The molecule has 2 aliphatic rings. The molecule has 22 heavy (non-hydrogen) atoms. The Labute approximate surface area is 124 Å². The summed E-state index contributed by atoms with van der Waals surface area (Å²) in [5.41, 5.74) is 3.12. The first-order chi connectivity index (χ1) is 10.7. The molecule has 2 heterocycles. The molecular weight excluding hydrogens is 290 g/mol. The standard InChI is InChI=1S/C13H9N5O4/c14-5-8(6-15)16-17-9-3-11-12(22-7-21-11)4-10(9)18-1-2-20-13(18)19/h3-4,17H,1-2,7H2. The van der Waals surface area contributed by atoms with E-state index in [4.69, 9.17) is 24.7 Å². The first kappa shape index (κ1) is 13.5. The van der Waals surface area contributed by atoms with Gasteiger partial charge in [0.25, 0.3) is 0 Å². The lowest BCUT2D eigenvalue weighted by Gasteiger charge is -2.17. The number of amides is 1. The van der Waals surface area contributed by atoms with E-state index in [-0.39, 0.29) is 19.1 Å². The number of nitrogens with one attached hydrogen (secondary N) is 1. The zero-order valence-electron chi connectivity index (χ0n) is 11.2. The number of cyclic esters (lactones) is 1. The number of nitrogens with zero attached hydrogens (tertiary/aromatic N) is 4. The normalized spacial score (nSPS) is 14.8. The molecule has 0 saturated carbocycles. The number of nitriles is 2. The van der Waals surface area contributed by atoms with Crippen molar-refractivity contribution in [3.63, 3.8) is 0 Å². The van der Waals surface area contributed by atoms with E-state index in [2.05, 4.69) is 10.5 Å². The number of carbonyl (C=O) groups is 1. The molecule has 1 aromatic rings. The molecule has 0 bridgehead atoms. The molecule has 9 heteroatoms. The smallest absolute Gasteiger partial charge is 0.414 e. The SMILES string of the molecule is N#CC(C#N)=NNc1cc2c(cc1N1CCOC1=O)OCO2. The van der Waals surface area contributed by atoms with Crippen molar-refractivity contribution in [3.05, 3.63) is 12.1 Å². The highest BCUT2D eigenvalue weighted by Crippen LogP contribution is 2.41. The van der Waals surface area contributed by atoms with Crippen LogP contribution in [0.5, 0.6) is 11.5 Å². The summed E-state index contributed by atoms with van der Waals surface area (Å²) in [4.78, 5) is 13.1. The molecule has 0 atom stereocenters. The molecule has 0 spiro atoms. The van der Waals surface area contributed by atoms with Gasteiger partial charge in [-0.1, -0.05) is 0 Å². The summed E-state index contributed by atoms with van der Waals surface area (Å²) >= 11 is 0. The van der Waals surface area contributed by atoms with Crippen LogP contribution in [-0.4, -0.2) is 31.7 Å². The summed E-state index contributed by atoms with van der Waals surface area (Å²) in [6.45, 7) is 0.728. The van der Waals surface area contributed by atoms with Gasteiger partial charge in [-0.25, -0.2) is 4.79 Å². The summed E-state index contributed by atoms with van der Waals surface area (Å²) in [5.74, 6) is 0.967. The summed E-state index contributed by atoms with van der Waals surface area (Å²) < 4.78 is 15.5. The highest BCUT2D eigenvalue weighted by Gasteiger charge is 2.28. The number of hydrazone groups is 1. The third-order valence-corrected chi connectivity index (χ3v) is 3.04. The Morgan fingerprint density at radius 1 is 1.23 bits per heavy atom. The second-order valence-electron chi connectivity index (χ2n) is 4.28. The van der Waals surface area contributed by atoms with Crippen LogP contribution in [0.4, 0.5) is 16.2 Å². The maximum Gasteiger partial charge on any atom is 0.414 e. The Bertz CT molecular complexity index is 730. The predicted octanol–water partition coefficient (Wildman–Crippen LogP) is 1.19. The van der Waals surface area contributed by atoms with Crippen molar-refractivity contribution < 1.29 is 19.0 Å². The van der Waals surface area contributed by atoms with Crippen LogP contribution in [0.25, 0.3) is 0 Å². The Hall–Kier alpha value is -3.46. The van der Waals surface area contributed by atoms with Gasteiger partial charge in [-0.3, -0.25) is 10.3 Å². The van der Waals surface area contributed by atoms with Gasteiger partial charge in [0, 0.05) is 12.1 Å². The Balaban J connectivity index is 2.00. The molecule has 1 amide bonds. The lowest BCUT2D eigenvalue weighted by molar-refractivity contribution is 0.174. The van der Waals surface area contributed by atoms with Crippen molar-refractivity contribution in [2.24, 2.45) is 5.10 Å². The molecule has 0 aromatic heterocycles. The number of hydrogen-bond donors (Lipinski definition) is 1. The zero-order chi connectivity index (χ0) is 15.5. The van der Waals surface area contributed by atoms with Crippen LogP contribution in [-0.2, 0) is 4.74 Å². The zero-order valence-corrected chi connectivity index (χ0v) is 11.2. The van der Waals surface area contributed by atoms with Gasteiger partial charge in [-0.2, -0.15) is 15.6 Å². The maximum absolute atomic E-state index is 11.7. The number of ether oxygens (including phenoxy) is 3. The topological polar surface area (TPSA) is 120 Å². The van der Waals surface area contributed by atoms with Gasteiger partial charge in [0.15, 0.2) is 11.5 Å². The first-order valence-corrected chi connectivity index (χ1v) is 6.25. The molecule has 3 rings (SSSR count). The van der Waals surface area contributed by atoms with E-state index in [9.17, 15) is 4.79 Å². The van der Waals surface area contributed by atoms with E-state index in [1.807, 2.05) is 0 Å². The van der Waals surface area contributed by atoms with Crippen LogP contribution >= 0.6 is 0 Å². The molecule has 0 radical (unpaired) electrons. The predicted molar refractivity (Wildman–Crippen MR) is 73.5 cm³/mol. The number of hydrogen-bond acceptors (Lipinski definition) is 8. The number of carbonyl (C=O) groups excluding carboxylic acids is 1. The lowest BCUT2D eigenvalue weighted by atomic mass is 10.2. The van der Waals surface area contributed by atoms with Crippen LogP contribution in [0.3, 0.4) is 0 Å². The van der Waals surface area contributed by atoms with E-state index < -0.39 is 6.09 Å². The van der Waals surface area contributed by atoms with Crippen molar-refractivity contribution in [1.29, 1.82) is 10.5 Å². The molecule has 1 fully saturated rings. The highest BCUT2D eigenvalue weighted by molar-refractivity contribution is 6.10. The largest absolute Gasteiger partial charge is 0.454 e. The minimum Gasteiger partial charge on any atom is -0.454 e. The number of fused-ring (bicyclic) bond motifs is 1. The number of rotatable bonds is 3. The molecule has 110 valence electrons. The quantitative estimate of drug-likeness (QED) is 0.657. The highest BCUT2D eigenvalue weighted by atomic mass is 16.7. The molecule has 1 aromatic carbocycles. The third kappa shape index (κ3) is 2.31. The molecule has 0 aliphatic carbocycles. The molecule has 2 aliphatic heterocycles. The third-order valence-electron chi connectivity index (χ3n) is 3.04. The number of anilines is 2. The van der Waals surface area contributed by atoms with E-state index in [0.29, 0.717) is 29.4 Å². The summed E-state index contributed by atoms with van der Waals surface area (Å²) in [7, 11) is 0. The molecule has 1 N–H and O–H groups in total. The van der Waals surface area contributed by atoms with Gasteiger partial charge >= 0.3 is 6.09 Å². The Kier molecular flexibility index (Phi) is 3.38. The van der Waals surface area contributed by atoms with Crippen LogP contribution in [0, 0.1) is 22.7 Å².